The van der Waals surface area contributed by atoms with E-state index in [1.807, 2.05) is 0 Å². The molecule has 1 N–H and O–H groups in total. The van der Waals surface area contributed by atoms with Crippen molar-refractivity contribution in [3.05, 3.63) is 35.9 Å². The zero-order valence-electron chi connectivity index (χ0n) is 11.7. The van der Waals surface area contributed by atoms with Gasteiger partial charge in [0.1, 0.15) is 5.54 Å². The minimum Gasteiger partial charge on any atom is -0.299 e. The molecule has 19 heavy (non-hydrogen) atoms. The second kappa shape index (κ2) is 6.70. The second-order valence-corrected chi connectivity index (χ2v) is 5.38. The summed E-state index contributed by atoms with van der Waals surface area (Å²) < 4.78 is 0. The third-order valence-electron chi connectivity index (χ3n) is 3.89. The van der Waals surface area contributed by atoms with E-state index in [1.54, 1.807) is 0 Å². The molecular weight excluding hydrogens is 234 g/mol. The molecule has 0 radical (unpaired) electrons. The normalized spacial score (nSPS) is 18.9. The number of nitriles is 1. The minimum atomic E-state index is -0.288. The van der Waals surface area contributed by atoms with E-state index in [2.05, 4.69) is 53.5 Å². The van der Waals surface area contributed by atoms with E-state index < -0.39 is 0 Å². The fourth-order valence-corrected chi connectivity index (χ4v) is 2.63. The Balaban J connectivity index is 1.86. The highest BCUT2D eigenvalue weighted by molar-refractivity contribution is 5.15. The average Bonchev–Trinajstić information content (AvgIpc) is 2.48. The predicted octanol–water partition coefficient (Wildman–Crippen LogP) is 2.54. The average molecular weight is 257 g/mol. The van der Waals surface area contributed by atoms with Gasteiger partial charge >= 0.3 is 0 Å². The maximum Gasteiger partial charge on any atom is 0.109 e. The van der Waals surface area contributed by atoms with Crippen molar-refractivity contribution in [2.75, 3.05) is 19.6 Å². The van der Waals surface area contributed by atoms with E-state index in [4.69, 9.17) is 0 Å². The van der Waals surface area contributed by atoms with E-state index in [-0.39, 0.29) is 5.54 Å². The zero-order chi connectivity index (χ0) is 13.6. The van der Waals surface area contributed by atoms with Crippen LogP contribution in [0.15, 0.2) is 30.3 Å². The second-order valence-electron chi connectivity index (χ2n) is 5.38. The molecule has 3 nitrogen and oxygen atoms in total. The standard InChI is InChI=1S/C16H23N3/c1-2-10-18-16(14-17)8-11-19(12-9-16)13-15-6-4-3-5-7-15/h3-7,18H,2,8-13H2,1H3. The van der Waals surface area contributed by atoms with Gasteiger partial charge in [0.05, 0.1) is 6.07 Å². The lowest BCUT2D eigenvalue weighted by atomic mass is 9.88. The molecule has 0 bridgehead atoms. The van der Waals surface area contributed by atoms with Crippen molar-refractivity contribution in [2.24, 2.45) is 0 Å². The number of piperidine rings is 1. The van der Waals surface area contributed by atoms with Crippen molar-refractivity contribution in [1.82, 2.24) is 10.2 Å². The number of rotatable bonds is 5. The summed E-state index contributed by atoms with van der Waals surface area (Å²) in [5.74, 6) is 0. The van der Waals surface area contributed by atoms with Crippen LogP contribution in [0, 0.1) is 11.3 Å². The number of nitrogens with one attached hydrogen (secondary N) is 1. The first-order valence-corrected chi connectivity index (χ1v) is 7.20. The number of benzene rings is 1. The highest BCUT2D eigenvalue weighted by Crippen LogP contribution is 2.22. The number of likely N-dealkylation sites (tertiary alicyclic amines) is 1. The Hall–Kier alpha value is -1.37. The van der Waals surface area contributed by atoms with Gasteiger partial charge in [-0.15, -0.1) is 0 Å². The summed E-state index contributed by atoms with van der Waals surface area (Å²) in [6.07, 6.45) is 2.93. The summed E-state index contributed by atoms with van der Waals surface area (Å²) in [5.41, 5.74) is 1.07. The quantitative estimate of drug-likeness (QED) is 0.881. The molecule has 0 unspecified atom stereocenters. The van der Waals surface area contributed by atoms with Crippen LogP contribution in [0.2, 0.25) is 0 Å². The zero-order valence-corrected chi connectivity index (χ0v) is 11.7. The molecule has 0 atom stereocenters. The third kappa shape index (κ3) is 3.79. The first-order chi connectivity index (χ1) is 9.28. The summed E-state index contributed by atoms with van der Waals surface area (Å²) >= 11 is 0. The third-order valence-corrected chi connectivity index (χ3v) is 3.89. The van der Waals surface area contributed by atoms with Crippen molar-refractivity contribution in [3.63, 3.8) is 0 Å². The van der Waals surface area contributed by atoms with Crippen LogP contribution in [0.25, 0.3) is 0 Å². The molecule has 1 saturated heterocycles. The Bertz CT molecular complexity index is 413. The van der Waals surface area contributed by atoms with Gasteiger partial charge in [-0.05, 0) is 31.4 Å². The highest BCUT2D eigenvalue weighted by Gasteiger charge is 2.33. The first-order valence-electron chi connectivity index (χ1n) is 7.20. The summed E-state index contributed by atoms with van der Waals surface area (Å²) in [6, 6.07) is 13.1. The summed E-state index contributed by atoms with van der Waals surface area (Å²) in [5, 5.41) is 12.8. The van der Waals surface area contributed by atoms with E-state index in [9.17, 15) is 5.26 Å². The maximum atomic E-state index is 9.41. The SMILES string of the molecule is CCCNC1(C#N)CCN(Cc2ccccc2)CC1. The van der Waals surface area contributed by atoms with Crippen LogP contribution in [0.1, 0.15) is 31.7 Å². The van der Waals surface area contributed by atoms with Crippen molar-refractivity contribution in [2.45, 2.75) is 38.3 Å². The Morgan fingerprint density at radius 3 is 2.53 bits per heavy atom. The lowest BCUT2D eigenvalue weighted by Crippen LogP contribution is -2.52. The van der Waals surface area contributed by atoms with Gasteiger partial charge in [-0.3, -0.25) is 10.2 Å². The Morgan fingerprint density at radius 2 is 1.95 bits per heavy atom. The molecule has 102 valence electrons. The van der Waals surface area contributed by atoms with Crippen LogP contribution in [0.4, 0.5) is 0 Å². The van der Waals surface area contributed by atoms with Gasteiger partial charge in [0.15, 0.2) is 0 Å². The van der Waals surface area contributed by atoms with Crippen LogP contribution >= 0.6 is 0 Å². The van der Waals surface area contributed by atoms with Gasteiger partial charge in [0.25, 0.3) is 0 Å². The molecule has 0 saturated carbocycles. The van der Waals surface area contributed by atoms with Gasteiger partial charge in [0.2, 0.25) is 0 Å². The van der Waals surface area contributed by atoms with Gasteiger partial charge in [-0.25, -0.2) is 0 Å². The Kier molecular flexibility index (Phi) is 4.95. The lowest BCUT2D eigenvalue weighted by Gasteiger charge is -2.38. The van der Waals surface area contributed by atoms with Crippen molar-refractivity contribution in [3.8, 4) is 6.07 Å². The van der Waals surface area contributed by atoms with Crippen LogP contribution in [-0.4, -0.2) is 30.1 Å². The molecule has 3 heteroatoms. The Labute approximate surface area is 116 Å². The highest BCUT2D eigenvalue weighted by atomic mass is 15.2. The monoisotopic (exact) mass is 257 g/mol. The largest absolute Gasteiger partial charge is 0.299 e. The topological polar surface area (TPSA) is 39.1 Å². The molecule has 0 spiro atoms. The molecule has 1 aromatic rings. The van der Waals surface area contributed by atoms with Gasteiger partial charge in [-0.1, -0.05) is 37.3 Å². The number of nitrogens with zero attached hydrogens (tertiary/aromatic N) is 2. The molecule has 0 aliphatic carbocycles. The molecule has 1 aliphatic rings. The molecule has 2 rings (SSSR count). The van der Waals surface area contributed by atoms with Gasteiger partial charge in [0, 0.05) is 19.6 Å². The van der Waals surface area contributed by atoms with Crippen LogP contribution in [0.3, 0.4) is 0 Å². The lowest BCUT2D eigenvalue weighted by molar-refractivity contribution is 0.160. The number of hydrogen-bond donors (Lipinski definition) is 1. The smallest absolute Gasteiger partial charge is 0.109 e. The molecular formula is C16H23N3. The van der Waals surface area contributed by atoms with Gasteiger partial charge < -0.3 is 0 Å². The van der Waals surface area contributed by atoms with E-state index in [1.165, 1.54) is 5.56 Å². The summed E-state index contributed by atoms with van der Waals surface area (Å²) in [4.78, 5) is 2.44. The molecule has 1 heterocycles. The van der Waals surface area contributed by atoms with Gasteiger partial charge in [-0.2, -0.15) is 5.26 Å². The fourth-order valence-electron chi connectivity index (χ4n) is 2.63. The predicted molar refractivity (Wildman–Crippen MR) is 77.6 cm³/mol. The Morgan fingerprint density at radius 1 is 1.26 bits per heavy atom. The van der Waals surface area contributed by atoms with Crippen LogP contribution < -0.4 is 5.32 Å². The van der Waals surface area contributed by atoms with Crippen molar-refractivity contribution in [1.29, 1.82) is 5.26 Å². The molecule has 1 aliphatic heterocycles. The van der Waals surface area contributed by atoms with Crippen molar-refractivity contribution >= 4 is 0 Å². The first kappa shape index (κ1) is 14.0. The van der Waals surface area contributed by atoms with Crippen LogP contribution in [0.5, 0.6) is 0 Å². The fraction of sp³-hybridized carbons (Fsp3) is 0.562. The molecule has 1 fully saturated rings. The molecule has 1 aromatic carbocycles. The van der Waals surface area contributed by atoms with E-state index in [0.717, 1.165) is 45.4 Å². The summed E-state index contributed by atoms with van der Waals surface area (Å²) in [6.45, 7) is 6.07. The van der Waals surface area contributed by atoms with Crippen molar-refractivity contribution < 1.29 is 0 Å². The minimum absolute atomic E-state index is 0.288. The summed E-state index contributed by atoms with van der Waals surface area (Å²) in [7, 11) is 0. The van der Waals surface area contributed by atoms with E-state index >= 15 is 0 Å². The molecule has 0 aromatic heterocycles. The number of hydrogen-bond acceptors (Lipinski definition) is 3. The maximum absolute atomic E-state index is 9.41. The molecule has 0 amide bonds. The van der Waals surface area contributed by atoms with Crippen LogP contribution in [-0.2, 0) is 6.54 Å². The van der Waals surface area contributed by atoms with E-state index in [0.29, 0.717) is 0 Å².